The molecule has 0 radical (unpaired) electrons. The number of halogens is 1. The smallest absolute Gasteiger partial charge is 0.220 e. The van der Waals surface area contributed by atoms with Gasteiger partial charge >= 0.3 is 0 Å². The summed E-state index contributed by atoms with van der Waals surface area (Å²) in [5.41, 5.74) is 1.31. The Morgan fingerprint density at radius 3 is 2.79 bits per heavy atom. The van der Waals surface area contributed by atoms with Gasteiger partial charge in [-0.15, -0.1) is 11.8 Å². The van der Waals surface area contributed by atoms with Crippen molar-refractivity contribution in [3.63, 3.8) is 0 Å². The second-order valence-electron chi connectivity index (χ2n) is 6.70. The number of amides is 1. The zero-order valence-electron chi connectivity index (χ0n) is 15.2. The summed E-state index contributed by atoms with van der Waals surface area (Å²) in [7, 11) is 0. The number of thioether (sulfide) groups is 1. The fourth-order valence-electron chi connectivity index (χ4n) is 3.39. The van der Waals surface area contributed by atoms with Gasteiger partial charge in [0.15, 0.2) is 17.3 Å². The Morgan fingerprint density at radius 2 is 1.93 bits per heavy atom. The van der Waals surface area contributed by atoms with Crippen molar-refractivity contribution in [3.05, 3.63) is 53.3 Å². The summed E-state index contributed by atoms with van der Waals surface area (Å²) in [6.45, 7) is 0.946. The molecule has 0 aliphatic carbocycles. The number of Topliss-reactive ketones (excluding diaryl/α,β-unsaturated/α-hetero) is 1. The molecule has 0 bridgehead atoms. The average Bonchev–Trinajstić information content (AvgIpc) is 2.72. The van der Waals surface area contributed by atoms with Gasteiger partial charge in [0.05, 0.1) is 6.04 Å². The van der Waals surface area contributed by atoms with Crippen molar-refractivity contribution >= 4 is 23.5 Å². The number of rotatable bonds is 5. The molecule has 2 aromatic rings. The molecule has 2 aromatic carbocycles. The van der Waals surface area contributed by atoms with Crippen LogP contribution in [0.4, 0.5) is 4.39 Å². The van der Waals surface area contributed by atoms with Crippen LogP contribution >= 0.6 is 11.8 Å². The monoisotopic (exact) mass is 401 g/mol. The van der Waals surface area contributed by atoms with E-state index in [0.29, 0.717) is 35.2 Å². The average molecular weight is 401 g/mol. The summed E-state index contributed by atoms with van der Waals surface area (Å²) in [5.74, 6) is 1.34. The van der Waals surface area contributed by atoms with Crippen LogP contribution in [-0.4, -0.2) is 30.7 Å². The van der Waals surface area contributed by atoms with Gasteiger partial charge in [-0.05, 0) is 36.2 Å². The Labute approximate surface area is 166 Å². The Hall–Kier alpha value is -2.54. The normalized spacial score (nSPS) is 17.5. The second kappa shape index (κ2) is 8.22. The lowest BCUT2D eigenvalue weighted by Gasteiger charge is -2.26. The maximum absolute atomic E-state index is 13.9. The molecule has 4 rings (SSSR count). The van der Waals surface area contributed by atoms with Crippen molar-refractivity contribution in [2.75, 3.05) is 19.0 Å². The number of nitrogens with one attached hydrogen (secondary N) is 1. The summed E-state index contributed by atoms with van der Waals surface area (Å²) in [6, 6.07) is 9.77. The first-order valence-electron chi connectivity index (χ1n) is 9.25. The van der Waals surface area contributed by atoms with E-state index in [2.05, 4.69) is 5.32 Å². The fraction of sp³-hybridized carbons (Fsp3) is 0.333. The van der Waals surface area contributed by atoms with Gasteiger partial charge in [-0.3, -0.25) is 9.59 Å². The molecule has 2 heterocycles. The quantitative estimate of drug-likeness (QED) is 0.770. The highest BCUT2D eigenvalue weighted by Crippen LogP contribution is 2.37. The van der Waals surface area contributed by atoms with Crippen molar-refractivity contribution in [1.29, 1.82) is 0 Å². The van der Waals surface area contributed by atoms with Crippen LogP contribution in [0.2, 0.25) is 0 Å². The Kier molecular flexibility index (Phi) is 5.52. The molecular formula is C21H20FNO4S. The van der Waals surface area contributed by atoms with Crippen LogP contribution in [-0.2, 0) is 4.79 Å². The number of ether oxygens (including phenoxy) is 2. The topological polar surface area (TPSA) is 64.6 Å². The largest absolute Gasteiger partial charge is 0.486 e. The van der Waals surface area contributed by atoms with E-state index in [1.807, 2.05) is 6.07 Å². The zero-order valence-corrected chi connectivity index (χ0v) is 16.0. The predicted molar refractivity (Wildman–Crippen MR) is 104 cm³/mol. The van der Waals surface area contributed by atoms with Gasteiger partial charge in [0.2, 0.25) is 5.91 Å². The number of fused-ring (bicyclic) bond motifs is 2. The van der Waals surface area contributed by atoms with Gasteiger partial charge in [0.25, 0.3) is 0 Å². The van der Waals surface area contributed by atoms with E-state index in [4.69, 9.17) is 9.47 Å². The van der Waals surface area contributed by atoms with Gasteiger partial charge in [-0.2, -0.15) is 0 Å². The van der Waals surface area contributed by atoms with Crippen LogP contribution in [0.5, 0.6) is 11.5 Å². The maximum atomic E-state index is 13.9. The highest BCUT2D eigenvalue weighted by atomic mass is 32.2. The summed E-state index contributed by atoms with van der Waals surface area (Å²) in [5, 5.41) is 2.94. The Morgan fingerprint density at radius 1 is 1.11 bits per heavy atom. The number of hydrogen-bond donors (Lipinski definition) is 1. The minimum atomic E-state index is -0.254. The van der Waals surface area contributed by atoms with Crippen LogP contribution in [0.3, 0.4) is 0 Å². The summed E-state index contributed by atoms with van der Waals surface area (Å²) in [6.07, 6.45) is 0.924. The van der Waals surface area contributed by atoms with E-state index in [0.717, 1.165) is 17.7 Å². The van der Waals surface area contributed by atoms with Crippen LogP contribution in [0.1, 0.15) is 41.2 Å². The van der Waals surface area contributed by atoms with E-state index < -0.39 is 0 Å². The third-order valence-electron chi connectivity index (χ3n) is 4.80. The lowest BCUT2D eigenvalue weighted by atomic mass is 10.0. The molecular weight excluding hydrogens is 381 g/mol. The van der Waals surface area contributed by atoms with Crippen molar-refractivity contribution in [2.24, 2.45) is 0 Å². The molecule has 5 nitrogen and oxygen atoms in total. The van der Waals surface area contributed by atoms with Crippen molar-refractivity contribution in [2.45, 2.75) is 30.2 Å². The number of benzene rings is 2. The number of ketones is 1. The molecule has 7 heteroatoms. The molecule has 0 saturated heterocycles. The zero-order chi connectivity index (χ0) is 19.5. The molecule has 1 N–H and O–H groups in total. The summed E-state index contributed by atoms with van der Waals surface area (Å²) < 4.78 is 24.9. The molecule has 28 heavy (non-hydrogen) atoms. The standard InChI is InChI=1S/C21H20FNO4S/c22-15-3-1-2-14-16(8-11-28-21(14)15)23-20(25)7-5-17(24)13-4-6-18-19(12-13)27-10-9-26-18/h1-4,6,12,16H,5,7-11H2,(H,23,25)/t16-/m0/s1. The van der Waals surface area contributed by atoms with Crippen molar-refractivity contribution in [3.8, 4) is 11.5 Å². The van der Waals surface area contributed by atoms with Crippen molar-refractivity contribution in [1.82, 2.24) is 5.32 Å². The molecule has 0 aromatic heterocycles. The second-order valence-corrected chi connectivity index (χ2v) is 7.80. The minimum Gasteiger partial charge on any atom is -0.486 e. The predicted octanol–water partition coefficient (Wildman–Crippen LogP) is 3.91. The maximum Gasteiger partial charge on any atom is 0.220 e. The Balaban J connectivity index is 1.35. The third-order valence-corrected chi connectivity index (χ3v) is 5.96. The number of carbonyl (C=O) groups is 2. The van der Waals surface area contributed by atoms with Gasteiger partial charge in [0.1, 0.15) is 19.0 Å². The highest BCUT2D eigenvalue weighted by Gasteiger charge is 2.24. The molecule has 1 amide bonds. The highest BCUT2D eigenvalue weighted by molar-refractivity contribution is 7.99. The van der Waals surface area contributed by atoms with E-state index in [-0.39, 0.29) is 36.4 Å². The first-order valence-corrected chi connectivity index (χ1v) is 10.2. The van der Waals surface area contributed by atoms with Crippen LogP contribution < -0.4 is 14.8 Å². The van der Waals surface area contributed by atoms with E-state index >= 15 is 0 Å². The molecule has 2 aliphatic rings. The Bertz CT molecular complexity index is 917. The number of hydrogen-bond acceptors (Lipinski definition) is 5. The van der Waals surface area contributed by atoms with E-state index in [9.17, 15) is 14.0 Å². The van der Waals surface area contributed by atoms with Gasteiger partial charge in [-0.25, -0.2) is 4.39 Å². The summed E-state index contributed by atoms with van der Waals surface area (Å²) >= 11 is 1.47. The first kappa shape index (κ1) is 18.8. The molecule has 1 atom stereocenters. The lowest BCUT2D eigenvalue weighted by molar-refractivity contribution is -0.121. The molecule has 2 aliphatic heterocycles. The van der Waals surface area contributed by atoms with Crippen LogP contribution in [0.25, 0.3) is 0 Å². The van der Waals surface area contributed by atoms with E-state index in [1.165, 1.54) is 17.8 Å². The molecule has 146 valence electrons. The molecule has 0 spiro atoms. The minimum absolute atomic E-state index is 0.0849. The number of carbonyl (C=O) groups excluding carboxylic acids is 2. The lowest BCUT2D eigenvalue weighted by Crippen LogP contribution is -2.31. The SMILES string of the molecule is O=C(CCC(=O)c1ccc2c(c1)OCCO2)N[C@H]1CCSc2c(F)cccc21. The van der Waals surface area contributed by atoms with Crippen molar-refractivity contribution < 1.29 is 23.5 Å². The van der Waals surface area contributed by atoms with Gasteiger partial charge in [0, 0.05) is 29.1 Å². The van der Waals surface area contributed by atoms with Gasteiger partial charge < -0.3 is 14.8 Å². The fourth-order valence-corrected chi connectivity index (χ4v) is 4.53. The van der Waals surface area contributed by atoms with Crippen LogP contribution in [0.15, 0.2) is 41.3 Å². The molecule has 0 unspecified atom stereocenters. The molecule has 0 saturated carbocycles. The van der Waals surface area contributed by atoms with Gasteiger partial charge in [-0.1, -0.05) is 12.1 Å². The van der Waals surface area contributed by atoms with E-state index in [1.54, 1.807) is 24.3 Å². The molecule has 0 fully saturated rings. The first-order chi connectivity index (χ1) is 13.6. The third kappa shape index (κ3) is 3.99. The van der Waals surface area contributed by atoms with Crippen LogP contribution in [0, 0.1) is 5.82 Å². The summed E-state index contributed by atoms with van der Waals surface area (Å²) in [4.78, 5) is 25.4.